The van der Waals surface area contributed by atoms with Crippen LogP contribution in [0.25, 0.3) is 0 Å². The number of likely N-dealkylation sites (tertiary alicyclic amines) is 1. The molecule has 0 N–H and O–H groups in total. The smallest absolute Gasteiger partial charge is 0.124 e. The van der Waals surface area contributed by atoms with E-state index in [-0.39, 0.29) is 11.9 Å². The monoisotopic (exact) mass is 279 g/mol. The molecule has 0 radical (unpaired) electrons. The van der Waals surface area contributed by atoms with Crippen molar-refractivity contribution in [2.45, 2.75) is 43.9 Å². The molecule has 2 fully saturated rings. The third-order valence-corrected chi connectivity index (χ3v) is 4.49. The van der Waals surface area contributed by atoms with Gasteiger partial charge in [-0.3, -0.25) is 4.90 Å². The Hall–Kier alpha value is -1.13. The lowest BCUT2D eigenvalue weighted by atomic mass is 9.90. The Morgan fingerprint density at radius 3 is 2.25 bits per heavy atom. The molecule has 3 nitrogen and oxygen atoms in total. The van der Waals surface area contributed by atoms with E-state index in [4.69, 9.17) is 9.47 Å². The molecule has 1 aromatic carbocycles. The highest BCUT2D eigenvalue weighted by Crippen LogP contribution is 2.29. The minimum Gasteiger partial charge on any atom is -0.488 e. The van der Waals surface area contributed by atoms with Gasteiger partial charge in [0.05, 0.1) is 6.10 Å². The van der Waals surface area contributed by atoms with Crippen LogP contribution in [0.1, 0.15) is 25.7 Å². The SMILES string of the molecule is COC1CCC(N2CC(Oc3ccc(F)cc3)C2)CC1. The van der Waals surface area contributed by atoms with Crippen LogP contribution in [0.4, 0.5) is 4.39 Å². The van der Waals surface area contributed by atoms with E-state index >= 15 is 0 Å². The fourth-order valence-electron chi connectivity index (χ4n) is 3.19. The lowest BCUT2D eigenvalue weighted by molar-refractivity contribution is -0.0356. The number of benzene rings is 1. The van der Waals surface area contributed by atoms with Crippen LogP contribution in [0.15, 0.2) is 24.3 Å². The van der Waals surface area contributed by atoms with Crippen molar-refractivity contribution in [3.05, 3.63) is 30.1 Å². The molecule has 20 heavy (non-hydrogen) atoms. The van der Waals surface area contributed by atoms with E-state index < -0.39 is 0 Å². The van der Waals surface area contributed by atoms with Crippen molar-refractivity contribution in [1.29, 1.82) is 0 Å². The number of nitrogens with zero attached hydrogens (tertiary/aromatic N) is 1. The molecule has 0 bridgehead atoms. The van der Waals surface area contributed by atoms with Crippen molar-refractivity contribution >= 4 is 0 Å². The predicted molar refractivity (Wildman–Crippen MR) is 75.4 cm³/mol. The summed E-state index contributed by atoms with van der Waals surface area (Å²) in [6.07, 6.45) is 5.49. The fraction of sp³-hybridized carbons (Fsp3) is 0.625. The van der Waals surface area contributed by atoms with E-state index in [0.717, 1.165) is 18.8 Å². The Morgan fingerprint density at radius 2 is 1.65 bits per heavy atom. The number of ether oxygens (including phenoxy) is 2. The summed E-state index contributed by atoms with van der Waals surface area (Å²) < 4.78 is 24.1. The molecule has 0 amide bonds. The summed E-state index contributed by atoms with van der Waals surface area (Å²) in [7, 11) is 1.81. The molecule has 2 aliphatic rings. The van der Waals surface area contributed by atoms with Gasteiger partial charge in [0, 0.05) is 26.2 Å². The first kappa shape index (κ1) is 13.8. The highest BCUT2D eigenvalue weighted by atomic mass is 19.1. The summed E-state index contributed by atoms with van der Waals surface area (Å²) in [6, 6.07) is 6.97. The van der Waals surface area contributed by atoms with Crippen LogP contribution in [-0.2, 0) is 4.74 Å². The first-order valence-electron chi connectivity index (χ1n) is 7.43. The molecule has 1 heterocycles. The second-order valence-electron chi connectivity index (χ2n) is 5.81. The maximum Gasteiger partial charge on any atom is 0.124 e. The van der Waals surface area contributed by atoms with Crippen LogP contribution in [-0.4, -0.2) is 43.3 Å². The first-order valence-corrected chi connectivity index (χ1v) is 7.43. The average Bonchev–Trinajstić information content (AvgIpc) is 2.45. The van der Waals surface area contributed by atoms with Crippen LogP contribution in [0.3, 0.4) is 0 Å². The molecule has 0 unspecified atom stereocenters. The summed E-state index contributed by atoms with van der Waals surface area (Å²) >= 11 is 0. The molecule has 0 spiro atoms. The maximum atomic E-state index is 12.8. The molecule has 4 heteroatoms. The fourth-order valence-corrected chi connectivity index (χ4v) is 3.19. The Balaban J connectivity index is 1.41. The lowest BCUT2D eigenvalue weighted by Gasteiger charge is -2.46. The number of halogens is 1. The van der Waals surface area contributed by atoms with Gasteiger partial charge in [0.2, 0.25) is 0 Å². The quantitative estimate of drug-likeness (QED) is 0.846. The van der Waals surface area contributed by atoms with E-state index in [1.807, 2.05) is 0 Å². The number of rotatable bonds is 4. The number of hydrogen-bond acceptors (Lipinski definition) is 3. The minimum absolute atomic E-state index is 0.220. The van der Waals surface area contributed by atoms with Crippen molar-refractivity contribution < 1.29 is 13.9 Å². The molecular weight excluding hydrogens is 257 g/mol. The highest BCUT2D eigenvalue weighted by Gasteiger charge is 2.35. The van der Waals surface area contributed by atoms with Crippen LogP contribution in [0.2, 0.25) is 0 Å². The van der Waals surface area contributed by atoms with Crippen molar-refractivity contribution in [1.82, 2.24) is 4.90 Å². The van der Waals surface area contributed by atoms with E-state index in [1.165, 1.54) is 37.8 Å². The first-order chi connectivity index (χ1) is 9.74. The van der Waals surface area contributed by atoms with Crippen molar-refractivity contribution in [2.24, 2.45) is 0 Å². The molecule has 1 saturated carbocycles. The third-order valence-electron chi connectivity index (χ3n) is 4.49. The average molecular weight is 279 g/mol. The topological polar surface area (TPSA) is 21.7 Å². The normalized spacial score (nSPS) is 28.1. The summed E-state index contributed by atoms with van der Waals surface area (Å²) in [4.78, 5) is 2.50. The summed E-state index contributed by atoms with van der Waals surface area (Å²) in [5.41, 5.74) is 0. The molecule has 1 aliphatic heterocycles. The molecule has 1 saturated heterocycles. The molecule has 0 atom stereocenters. The summed E-state index contributed by atoms with van der Waals surface area (Å²) in [6.45, 7) is 1.97. The second-order valence-corrected chi connectivity index (χ2v) is 5.81. The Labute approximate surface area is 119 Å². The van der Waals surface area contributed by atoms with E-state index in [1.54, 1.807) is 19.2 Å². The van der Waals surface area contributed by atoms with Crippen molar-refractivity contribution in [2.75, 3.05) is 20.2 Å². The van der Waals surface area contributed by atoms with Crippen LogP contribution < -0.4 is 4.74 Å². The zero-order chi connectivity index (χ0) is 13.9. The molecule has 1 aliphatic carbocycles. The molecule has 1 aromatic rings. The van der Waals surface area contributed by atoms with Gasteiger partial charge in [-0.25, -0.2) is 4.39 Å². The Morgan fingerprint density at radius 1 is 1.00 bits per heavy atom. The van der Waals surface area contributed by atoms with Gasteiger partial charge < -0.3 is 9.47 Å². The molecular formula is C16H22FNO2. The second kappa shape index (κ2) is 6.10. The number of hydrogen-bond donors (Lipinski definition) is 0. The summed E-state index contributed by atoms with van der Waals surface area (Å²) in [5.74, 6) is 0.543. The van der Waals surface area contributed by atoms with Gasteiger partial charge in [0.1, 0.15) is 17.7 Å². The van der Waals surface area contributed by atoms with E-state index in [0.29, 0.717) is 12.1 Å². The van der Waals surface area contributed by atoms with Crippen molar-refractivity contribution in [3.63, 3.8) is 0 Å². The maximum absolute atomic E-state index is 12.8. The Kier molecular flexibility index (Phi) is 4.22. The Bertz CT molecular complexity index is 423. The predicted octanol–water partition coefficient (Wildman–Crippen LogP) is 2.85. The number of methoxy groups -OCH3 is 1. The van der Waals surface area contributed by atoms with Crippen LogP contribution in [0, 0.1) is 5.82 Å². The standard InChI is InChI=1S/C16H22FNO2/c1-19-14-8-4-13(5-9-14)18-10-16(11-18)20-15-6-2-12(17)3-7-15/h2-3,6-7,13-14,16H,4-5,8-11H2,1H3. The van der Waals surface area contributed by atoms with Gasteiger partial charge in [0.15, 0.2) is 0 Å². The molecule has 110 valence electrons. The van der Waals surface area contributed by atoms with Gasteiger partial charge in [-0.05, 0) is 49.9 Å². The van der Waals surface area contributed by atoms with Gasteiger partial charge >= 0.3 is 0 Å². The minimum atomic E-state index is -0.220. The van der Waals surface area contributed by atoms with Gasteiger partial charge in [0.25, 0.3) is 0 Å². The molecule has 0 aromatic heterocycles. The highest BCUT2D eigenvalue weighted by molar-refractivity contribution is 5.22. The van der Waals surface area contributed by atoms with Crippen LogP contribution in [0.5, 0.6) is 5.75 Å². The zero-order valence-corrected chi connectivity index (χ0v) is 11.9. The largest absolute Gasteiger partial charge is 0.488 e. The zero-order valence-electron chi connectivity index (χ0n) is 11.9. The summed E-state index contributed by atoms with van der Waals surface area (Å²) in [5, 5.41) is 0. The third kappa shape index (κ3) is 3.13. The molecule has 3 rings (SSSR count). The van der Waals surface area contributed by atoms with Gasteiger partial charge in [-0.15, -0.1) is 0 Å². The van der Waals surface area contributed by atoms with Crippen molar-refractivity contribution in [3.8, 4) is 5.75 Å². The van der Waals surface area contributed by atoms with Gasteiger partial charge in [-0.1, -0.05) is 0 Å². The van der Waals surface area contributed by atoms with E-state index in [9.17, 15) is 4.39 Å². The van der Waals surface area contributed by atoms with Crippen LogP contribution >= 0.6 is 0 Å². The van der Waals surface area contributed by atoms with E-state index in [2.05, 4.69) is 4.90 Å². The lowest BCUT2D eigenvalue weighted by Crippen LogP contribution is -2.58. The van der Waals surface area contributed by atoms with Gasteiger partial charge in [-0.2, -0.15) is 0 Å².